The van der Waals surface area contributed by atoms with Crippen molar-refractivity contribution in [3.63, 3.8) is 0 Å². The summed E-state index contributed by atoms with van der Waals surface area (Å²) in [6.45, 7) is 5.68. The van der Waals surface area contributed by atoms with Crippen molar-refractivity contribution in [3.8, 4) is 0 Å². The van der Waals surface area contributed by atoms with Crippen LogP contribution in [0.4, 0.5) is 8.78 Å². The average molecular weight is 256 g/mol. The van der Waals surface area contributed by atoms with Gasteiger partial charge in [0.05, 0.1) is 0 Å². The monoisotopic (exact) mass is 256 g/mol. The smallest absolute Gasteiger partial charge is 0.263 e. The van der Waals surface area contributed by atoms with Gasteiger partial charge in [0.1, 0.15) is 0 Å². The molecule has 0 atom stereocenters. The molecule has 0 saturated carbocycles. The first-order valence-electron chi connectivity index (χ1n) is 6.08. The Kier molecular flexibility index (Phi) is 5.23. The van der Waals surface area contributed by atoms with Crippen LogP contribution >= 0.6 is 0 Å². The van der Waals surface area contributed by atoms with Crippen LogP contribution in [0.3, 0.4) is 0 Å². The van der Waals surface area contributed by atoms with E-state index in [1.165, 1.54) is 6.07 Å². The van der Waals surface area contributed by atoms with E-state index in [1.54, 1.807) is 12.1 Å². The van der Waals surface area contributed by atoms with Crippen LogP contribution in [0.15, 0.2) is 24.3 Å². The van der Waals surface area contributed by atoms with Crippen LogP contribution in [0, 0.1) is 0 Å². The summed E-state index contributed by atoms with van der Waals surface area (Å²) in [5.41, 5.74) is 1.02. The Morgan fingerprint density at radius 1 is 1.28 bits per heavy atom. The van der Waals surface area contributed by atoms with Crippen LogP contribution in [0.25, 0.3) is 0 Å². The van der Waals surface area contributed by atoms with Gasteiger partial charge in [0.2, 0.25) is 0 Å². The Hall–Kier alpha value is -1.00. The minimum atomic E-state index is -2.40. The number of rotatable bonds is 6. The second-order valence-electron chi connectivity index (χ2n) is 5.36. The van der Waals surface area contributed by atoms with Gasteiger partial charge in [-0.3, -0.25) is 0 Å². The first kappa shape index (κ1) is 15.1. The van der Waals surface area contributed by atoms with E-state index in [1.807, 2.05) is 20.2 Å². The highest BCUT2D eigenvalue weighted by Gasteiger charge is 2.19. The molecule has 0 aliphatic carbocycles. The van der Waals surface area contributed by atoms with Crippen LogP contribution in [0.5, 0.6) is 0 Å². The molecule has 0 radical (unpaired) electrons. The van der Waals surface area contributed by atoms with Crippen LogP contribution in [0.1, 0.15) is 31.4 Å². The number of hydrogen-bond acceptors (Lipinski definition) is 2. The van der Waals surface area contributed by atoms with Gasteiger partial charge < -0.3 is 10.2 Å². The standard InChI is InChI=1S/C14H22F2N2/c1-14(2,18(3)4)10-17-9-11-6-5-7-12(8-11)13(15)16/h5-8,13,17H,9-10H2,1-4H3. The number of likely N-dealkylation sites (N-methyl/N-ethyl adjacent to an activating group) is 1. The minimum Gasteiger partial charge on any atom is -0.311 e. The number of nitrogens with one attached hydrogen (secondary N) is 1. The molecule has 0 aliphatic heterocycles. The van der Waals surface area contributed by atoms with Crippen molar-refractivity contribution in [2.75, 3.05) is 20.6 Å². The highest BCUT2D eigenvalue weighted by molar-refractivity contribution is 5.24. The number of nitrogens with zero attached hydrogens (tertiary/aromatic N) is 1. The van der Waals surface area contributed by atoms with E-state index in [4.69, 9.17) is 0 Å². The van der Waals surface area contributed by atoms with Gasteiger partial charge >= 0.3 is 0 Å². The van der Waals surface area contributed by atoms with Crippen LogP contribution in [0.2, 0.25) is 0 Å². The normalized spacial score (nSPS) is 12.4. The topological polar surface area (TPSA) is 15.3 Å². The molecular weight excluding hydrogens is 234 g/mol. The molecule has 0 aromatic heterocycles. The van der Waals surface area contributed by atoms with Gasteiger partial charge in [-0.25, -0.2) is 8.78 Å². The van der Waals surface area contributed by atoms with E-state index in [-0.39, 0.29) is 11.1 Å². The molecule has 1 aromatic rings. The molecule has 1 rings (SSSR count). The summed E-state index contributed by atoms with van der Waals surface area (Å²) in [6, 6.07) is 6.55. The van der Waals surface area contributed by atoms with Gasteiger partial charge in [-0.1, -0.05) is 18.2 Å². The van der Waals surface area contributed by atoms with Crippen LogP contribution in [-0.2, 0) is 6.54 Å². The molecule has 0 aliphatic rings. The molecule has 1 aromatic carbocycles. The molecule has 0 fully saturated rings. The SMILES string of the molecule is CN(C)C(C)(C)CNCc1cccc(C(F)F)c1. The summed E-state index contributed by atoms with van der Waals surface area (Å²) >= 11 is 0. The second kappa shape index (κ2) is 6.25. The molecule has 0 spiro atoms. The van der Waals surface area contributed by atoms with E-state index < -0.39 is 6.43 Å². The molecule has 0 unspecified atom stereocenters. The van der Waals surface area contributed by atoms with Crippen molar-refractivity contribution in [1.29, 1.82) is 0 Å². The number of benzene rings is 1. The largest absolute Gasteiger partial charge is 0.311 e. The maximum absolute atomic E-state index is 12.5. The van der Waals surface area contributed by atoms with Crippen molar-refractivity contribution in [2.45, 2.75) is 32.4 Å². The zero-order valence-electron chi connectivity index (χ0n) is 11.5. The first-order chi connectivity index (χ1) is 8.33. The van der Waals surface area contributed by atoms with Crippen molar-refractivity contribution >= 4 is 0 Å². The highest BCUT2D eigenvalue weighted by Crippen LogP contribution is 2.19. The fourth-order valence-electron chi connectivity index (χ4n) is 1.51. The Labute approximate surface area is 108 Å². The quantitative estimate of drug-likeness (QED) is 0.841. The Morgan fingerprint density at radius 2 is 1.94 bits per heavy atom. The summed E-state index contributed by atoms with van der Waals surface area (Å²) in [4.78, 5) is 2.13. The number of halogens is 2. The molecule has 1 N–H and O–H groups in total. The molecular formula is C14H22F2N2. The third-order valence-electron chi connectivity index (χ3n) is 3.30. The fraction of sp³-hybridized carbons (Fsp3) is 0.571. The average Bonchev–Trinajstić information content (AvgIpc) is 2.29. The van der Waals surface area contributed by atoms with E-state index in [2.05, 4.69) is 24.1 Å². The Morgan fingerprint density at radius 3 is 2.50 bits per heavy atom. The summed E-state index contributed by atoms with van der Waals surface area (Å²) in [5.74, 6) is 0. The second-order valence-corrected chi connectivity index (χ2v) is 5.36. The predicted octanol–water partition coefficient (Wildman–Crippen LogP) is 3.05. The van der Waals surface area contributed by atoms with Crippen molar-refractivity contribution in [2.24, 2.45) is 0 Å². The number of hydrogen-bond donors (Lipinski definition) is 1. The third kappa shape index (κ3) is 4.35. The van der Waals surface area contributed by atoms with Crippen molar-refractivity contribution in [1.82, 2.24) is 10.2 Å². The Balaban J connectivity index is 2.52. The first-order valence-corrected chi connectivity index (χ1v) is 6.08. The molecule has 0 saturated heterocycles. The molecule has 4 heteroatoms. The van der Waals surface area contributed by atoms with E-state index in [0.717, 1.165) is 12.1 Å². The van der Waals surface area contributed by atoms with Crippen LogP contribution in [-0.4, -0.2) is 31.1 Å². The molecule has 2 nitrogen and oxygen atoms in total. The maximum atomic E-state index is 12.5. The minimum absolute atomic E-state index is 0.0420. The lowest BCUT2D eigenvalue weighted by Crippen LogP contribution is -2.46. The lowest BCUT2D eigenvalue weighted by atomic mass is 10.0. The molecule has 0 amide bonds. The third-order valence-corrected chi connectivity index (χ3v) is 3.30. The summed E-state index contributed by atoms with van der Waals surface area (Å²) in [5, 5.41) is 3.30. The molecule has 102 valence electrons. The van der Waals surface area contributed by atoms with Gasteiger partial charge in [0, 0.05) is 24.2 Å². The molecule has 18 heavy (non-hydrogen) atoms. The van der Waals surface area contributed by atoms with Gasteiger partial charge in [0.25, 0.3) is 6.43 Å². The predicted molar refractivity (Wildman–Crippen MR) is 70.9 cm³/mol. The van der Waals surface area contributed by atoms with Gasteiger partial charge in [-0.05, 0) is 39.6 Å². The van der Waals surface area contributed by atoms with Gasteiger partial charge in [0.15, 0.2) is 0 Å². The number of alkyl halides is 2. The zero-order valence-corrected chi connectivity index (χ0v) is 11.5. The molecule has 0 heterocycles. The summed E-state index contributed by atoms with van der Waals surface area (Å²) in [6.07, 6.45) is -2.40. The molecule has 0 bridgehead atoms. The maximum Gasteiger partial charge on any atom is 0.263 e. The highest BCUT2D eigenvalue weighted by atomic mass is 19.3. The van der Waals surface area contributed by atoms with Crippen LogP contribution < -0.4 is 5.32 Å². The van der Waals surface area contributed by atoms with Gasteiger partial charge in [-0.15, -0.1) is 0 Å². The fourth-order valence-corrected chi connectivity index (χ4v) is 1.51. The van der Waals surface area contributed by atoms with Gasteiger partial charge in [-0.2, -0.15) is 0 Å². The lowest BCUT2D eigenvalue weighted by molar-refractivity contribution is 0.151. The van der Waals surface area contributed by atoms with E-state index in [9.17, 15) is 8.78 Å². The zero-order chi connectivity index (χ0) is 13.8. The van der Waals surface area contributed by atoms with Crippen molar-refractivity contribution < 1.29 is 8.78 Å². The van der Waals surface area contributed by atoms with E-state index in [0.29, 0.717) is 6.54 Å². The Bertz CT molecular complexity index is 376. The lowest BCUT2D eigenvalue weighted by Gasteiger charge is -2.32. The summed E-state index contributed by atoms with van der Waals surface area (Å²) in [7, 11) is 4.05. The summed E-state index contributed by atoms with van der Waals surface area (Å²) < 4.78 is 25.1. The van der Waals surface area contributed by atoms with Crippen molar-refractivity contribution in [3.05, 3.63) is 35.4 Å². The van der Waals surface area contributed by atoms with E-state index >= 15 is 0 Å².